The van der Waals surface area contributed by atoms with Crippen LogP contribution in [-0.2, 0) is 11.3 Å². The number of nitrogens with zero attached hydrogens (tertiary/aromatic N) is 2. The summed E-state index contributed by atoms with van der Waals surface area (Å²) in [7, 11) is 0. The Balaban J connectivity index is 1.50. The highest BCUT2D eigenvalue weighted by Crippen LogP contribution is 2.19. The van der Waals surface area contributed by atoms with E-state index in [1.807, 2.05) is 12.1 Å². The quantitative estimate of drug-likeness (QED) is 0.875. The van der Waals surface area contributed by atoms with E-state index in [2.05, 4.69) is 32.6 Å². The van der Waals surface area contributed by atoms with Crippen molar-refractivity contribution in [3.63, 3.8) is 0 Å². The molecule has 2 aliphatic rings. The van der Waals surface area contributed by atoms with Crippen LogP contribution in [0.1, 0.15) is 18.9 Å². The normalized spacial score (nSPS) is 23.6. The zero-order valence-corrected chi connectivity index (χ0v) is 13.3. The molecule has 3 rings (SSSR count). The van der Waals surface area contributed by atoms with Crippen molar-refractivity contribution in [3.05, 3.63) is 29.8 Å². The molecule has 120 valence electrons. The number of carbonyl (C=O) groups is 1. The summed E-state index contributed by atoms with van der Waals surface area (Å²) in [5.41, 5.74) is 2.19. The van der Waals surface area contributed by atoms with Crippen LogP contribution in [0, 0.1) is 0 Å². The van der Waals surface area contributed by atoms with Crippen LogP contribution in [0.3, 0.4) is 0 Å². The van der Waals surface area contributed by atoms with Gasteiger partial charge in [0.2, 0.25) is 5.91 Å². The largest absolute Gasteiger partial charge is 0.326 e. The number of piperazine rings is 1. The molecule has 0 saturated carbocycles. The average molecular weight is 302 g/mol. The van der Waals surface area contributed by atoms with Crippen LogP contribution in [0.15, 0.2) is 24.3 Å². The molecule has 0 bridgehead atoms. The first-order valence-corrected chi connectivity index (χ1v) is 8.24. The minimum atomic E-state index is -0.0221. The summed E-state index contributed by atoms with van der Waals surface area (Å²) < 4.78 is 0. The van der Waals surface area contributed by atoms with E-state index in [-0.39, 0.29) is 5.91 Å². The highest BCUT2D eigenvalue weighted by molar-refractivity contribution is 5.88. The van der Waals surface area contributed by atoms with E-state index in [1.54, 1.807) is 0 Å². The van der Waals surface area contributed by atoms with E-state index < -0.39 is 0 Å². The molecule has 1 unspecified atom stereocenters. The van der Waals surface area contributed by atoms with E-state index in [0.717, 1.165) is 31.4 Å². The van der Waals surface area contributed by atoms with Gasteiger partial charge < -0.3 is 10.6 Å². The molecule has 1 aromatic carbocycles. The summed E-state index contributed by atoms with van der Waals surface area (Å²) >= 11 is 0. The van der Waals surface area contributed by atoms with E-state index in [0.29, 0.717) is 0 Å². The van der Waals surface area contributed by atoms with Gasteiger partial charge in [-0.15, -0.1) is 0 Å². The van der Waals surface area contributed by atoms with Crippen molar-refractivity contribution in [1.29, 1.82) is 0 Å². The molecule has 0 aromatic heterocycles. The van der Waals surface area contributed by atoms with Crippen LogP contribution in [0.5, 0.6) is 0 Å². The second-order valence-electron chi connectivity index (χ2n) is 6.34. The molecule has 2 fully saturated rings. The Morgan fingerprint density at radius 3 is 2.64 bits per heavy atom. The maximum Gasteiger partial charge on any atom is 0.221 e. The van der Waals surface area contributed by atoms with Crippen LogP contribution in [0.25, 0.3) is 0 Å². The van der Waals surface area contributed by atoms with Crippen molar-refractivity contribution >= 4 is 11.6 Å². The Morgan fingerprint density at radius 1 is 1.23 bits per heavy atom. The number of likely N-dealkylation sites (tertiary alicyclic amines) is 1. The smallest absolute Gasteiger partial charge is 0.221 e. The van der Waals surface area contributed by atoms with Crippen molar-refractivity contribution in [1.82, 2.24) is 15.1 Å². The molecule has 0 radical (unpaired) electrons. The minimum Gasteiger partial charge on any atom is -0.326 e. The van der Waals surface area contributed by atoms with Crippen LogP contribution in [0.4, 0.5) is 5.69 Å². The summed E-state index contributed by atoms with van der Waals surface area (Å²) in [6, 6.07) is 8.93. The van der Waals surface area contributed by atoms with Crippen molar-refractivity contribution in [2.75, 3.05) is 44.6 Å². The molecule has 22 heavy (non-hydrogen) atoms. The highest BCUT2D eigenvalue weighted by Gasteiger charge is 2.28. The van der Waals surface area contributed by atoms with Crippen LogP contribution in [-0.4, -0.2) is 61.0 Å². The molecule has 1 aromatic rings. The predicted octanol–water partition coefficient (Wildman–Crippen LogP) is 1.12. The second kappa shape index (κ2) is 7.22. The van der Waals surface area contributed by atoms with Gasteiger partial charge in [0.1, 0.15) is 0 Å². The molecule has 5 nitrogen and oxygen atoms in total. The maximum absolute atomic E-state index is 11.0. The standard InChI is InChI=1S/C17H26N4O/c1-14(22)19-16-4-2-15(3-5-16)12-20-9-6-17(13-20)21-10-7-18-8-11-21/h2-5,17-18H,6-13H2,1H3,(H,19,22). The third-order valence-electron chi connectivity index (χ3n) is 4.60. The molecule has 2 heterocycles. The lowest BCUT2D eigenvalue weighted by atomic mass is 10.2. The van der Waals surface area contributed by atoms with Gasteiger partial charge >= 0.3 is 0 Å². The maximum atomic E-state index is 11.0. The molecule has 0 aliphatic carbocycles. The summed E-state index contributed by atoms with van der Waals surface area (Å²) in [5.74, 6) is -0.0221. The van der Waals surface area contributed by atoms with E-state index in [4.69, 9.17) is 0 Å². The van der Waals surface area contributed by atoms with Gasteiger partial charge in [0.25, 0.3) is 0 Å². The molecule has 2 N–H and O–H groups in total. The van der Waals surface area contributed by atoms with Crippen molar-refractivity contribution in [2.45, 2.75) is 25.9 Å². The molecule has 1 amide bonds. The van der Waals surface area contributed by atoms with Gasteiger partial charge in [-0.25, -0.2) is 0 Å². The number of hydrogen-bond acceptors (Lipinski definition) is 4. The number of hydrogen-bond donors (Lipinski definition) is 2. The first-order valence-electron chi connectivity index (χ1n) is 8.24. The van der Waals surface area contributed by atoms with Gasteiger partial charge in [-0.05, 0) is 24.1 Å². The summed E-state index contributed by atoms with van der Waals surface area (Å²) in [6.45, 7) is 9.52. The highest BCUT2D eigenvalue weighted by atomic mass is 16.1. The first-order chi connectivity index (χ1) is 10.7. The fraction of sp³-hybridized carbons (Fsp3) is 0.588. The number of rotatable bonds is 4. The monoisotopic (exact) mass is 302 g/mol. The van der Waals surface area contributed by atoms with Gasteiger partial charge in [-0.3, -0.25) is 14.6 Å². The zero-order chi connectivity index (χ0) is 15.4. The molecular formula is C17H26N4O. The Hall–Kier alpha value is -1.43. The van der Waals surface area contributed by atoms with Gasteiger partial charge in [0, 0.05) is 64.5 Å². The lowest BCUT2D eigenvalue weighted by Crippen LogP contribution is -2.49. The fourth-order valence-corrected chi connectivity index (χ4v) is 3.46. The van der Waals surface area contributed by atoms with Crippen molar-refractivity contribution in [2.24, 2.45) is 0 Å². The molecule has 2 saturated heterocycles. The number of benzene rings is 1. The summed E-state index contributed by atoms with van der Waals surface area (Å²) in [4.78, 5) is 16.2. The van der Waals surface area contributed by atoms with Crippen LogP contribution < -0.4 is 10.6 Å². The number of anilines is 1. The third kappa shape index (κ3) is 4.06. The van der Waals surface area contributed by atoms with Crippen molar-refractivity contribution in [3.8, 4) is 0 Å². The zero-order valence-electron chi connectivity index (χ0n) is 13.3. The van der Waals surface area contributed by atoms with E-state index in [9.17, 15) is 4.79 Å². The third-order valence-corrected chi connectivity index (χ3v) is 4.60. The average Bonchev–Trinajstić information content (AvgIpc) is 2.98. The molecule has 5 heteroatoms. The predicted molar refractivity (Wildman–Crippen MR) is 88.9 cm³/mol. The summed E-state index contributed by atoms with van der Waals surface area (Å²) in [5, 5.41) is 6.23. The minimum absolute atomic E-state index is 0.0221. The number of nitrogens with one attached hydrogen (secondary N) is 2. The Morgan fingerprint density at radius 2 is 1.95 bits per heavy atom. The lowest BCUT2D eigenvalue weighted by Gasteiger charge is -2.32. The van der Waals surface area contributed by atoms with E-state index in [1.165, 1.54) is 45.1 Å². The van der Waals surface area contributed by atoms with E-state index >= 15 is 0 Å². The second-order valence-corrected chi connectivity index (χ2v) is 6.34. The number of carbonyl (C=O) groups excluding carboxylic acids is 1. The van der Waals surface area contributed by atoms with Crippen LogP contribution >= 0.6 is 0 Å². The summed E-state index contributed by atoms with van der Waals surface area (Å²) in [6.07, 6.45) is 1.28. The lowest BCUT2D eigenvalue weighted by molar-refractivity contribution is -0.114. The van der Waals surface area contributed by atoms with Gasteiger partial charge in [-0.2, -0.15) is 0 Å². The Labute approximate surface area is 132 Å². The topological polar surface area (TPSA) is 47.6 Å². The van der Waals surface area contributed by atoms with Gasteiger partial charge in [0.15, 0.2) is 0 Å². The Kier molecular flexibility index (Phi) is 5.08. The SMILES string of the molecule is CC(=O)Nc1ccc(CN2CCC(N3CCNCC3)C2)cc1. The molecule has 2 aliphatic heterocycles. The molecule has 0 spiro atoms. The molecule has 1 atom stereocenters. The molecular weight excluding hydrogens is 276 g/mol. The number of amides is 1. The van der Waals surface area contributed by atoms with Gasteiger partial charge in [-0.1, -0.05) is 12.1 Å². The van der Waals surface area contributed by atoms with Crippen LogP contribution in [0.2, 0.25) is 0 Å². The van der Waals surface area contributed by atoms with Gasteiger partial charge in [0.05, 0.1) is 0 Å². The Bertz CT molecular complexity index is 496. The van der Waals surface area contributed by atoms with Crippen molar-refractivity contribution < 1.29 is 4.79 Å². The first kappa shape index (κ1) is 15.5. The fourth-order valence-electron chi connectivity index (χ4n) is 3.46.